The lowest BCUT2D eigenvalue weighted by Gasteiger charge is -2.23. The van der Waals surface area contributed by atoms with Crippen molar-refractivity contribution in [2.24, 2.45) is 0 Å². The second kappa shape index (κ2) is 13.3. The van der Waals surface area contributed by atoms with E-state index >= 15 is 0 Å². The summed E-state index contributed by atoms with van der Waals surface area (Å²) in [5, 5.41) is 2.75. The number of Topliss-reactive ketones (excluding diaryl/α,β-unsaturated/α-hetero) is 1. The van der Waals surface area contributed by atoms with Crippen LogP contribution >= 0.6 is 0 Å². The molecule has 1 atom stereocenters. The lowest BCUT2D eigenvalue weighted by Crippen LogP contribution is -2.19. The highest BCUT2D eigenvalue weighted by molar-refractivity contribution is 7.80. The number of hydrogen-bond acceptors (Lipinski definition) is 8. The highest BCUT2D eigenvalue weighted by Gasteiger charge is 2.36. The smallest absolute Gasteiger partial charge is 0.573 e. The van der Waals surface area contributed by atoms with E-state index in [-0.39, 0.29) is 30.3 Å². The molecule has 3 aromatic carbocycles. The minimum Gasteiger partial charge on any atom is -0.755 e. The summed E-state index contributed by atoms with van der Waals surface area (Å²) in [6, 6.07) is 17.0. The Balaban J connectivity index is 1.47. The Bertz CT molecular complexity index is 1630. The van der Waals surface area contributed by atoms with Gasteiger partial charge in [0.1, 0.15) is 17.1 Å². The Morgan fingerprint density at radius 2 is 1.52 bits per heavy atom. The summed E-state index contributed by atoms with van der Waals surface area (Å²) in [5.74, 6) is -1.29. The number of nitrogens with zero attached hydrogens (tertiary/aromatic N) is 3. The molecule has 4 rings (SSSR count). The van der Waals surface area contributed by atoms with Crippen LogP contribution in [0.1, 0.15) is 16.7 Å². The molecule has 2 N–H and O–H groups in total. The van der Waals surface area contributed by atoms with E-state index in [1.165, 1.54) is 54.4 Å². The molecule has 0 saturated heterocycles. The molecule has 0 amide bonds. The van der Waals surface area contributed by atoms with Crippen LogP contribution in [0.25, 0.3) is 0 Å². The van der Waals surface area contributed by atoms with Gasteiger partial charge in [-0.2, -0.15) is 18.2 Å². The number of ether oxygens (including phenoxy) is 1. The third-order valence-electron chi connectivity index (χ3n) is 5.99. The Labute approximate surface area is 249 Å². The van der Waals surface area contributed by atoms with Crippen LogP contribution in [-0.2, 0) is 35.1 Å². The Morgan fingerprint density at radius 1 is 0.932 bits per heavy atom. The number of aromatic nitrogens is 2. The predicted molar refractivity (Wildman–Crippen MR) is 149 cm³/mol. The molecule has 44 heavy (non-hydrogen) atoms. The highest BCUT2D eigenvalue weighted by Crippen LogP contribution is 2.38. The van der Waals surface area contributed by atoms with E-state index in [2.05, 4.69) is 24.7 Å². The fourth-order valence-corrected chi connectivity index (χ4v) is 4.38. The molecule has 1 heterocycles. The van der Waals surface area contributed by atoms with Crippen LogP contribution in [0.3, 0.4) is 0 Å². The summed E-state index contributed by atoms with van der Waals surface area (Å²) in [6.45, 7) is 0. The van der Waals surface area contributed by atoms with Gasteiger partial charge in [0.2, 0.25) is 5.95 Å². The molecular formula is C28H22F6N5O4S-. The van der Waals surface area contributed by atoms with E-state index in [0.717, 1.165) is 12.1 Å². The van der Waals surface area contributed by atoms with Crippen molar-refractivity contribution in [2.75, 3.05) is 22.0 Å². The summed E-state index contributed by atoms with van der Waals surface area (Å²) in [6.07, 6.45) is -9.05. The first kappa shape index (κ1) is 32.2. The molecule has 0 fully saturated rings. The normalized spacial score (nSPS) is 12.4. The lowest BCUT2D eigenvalue weighted by molar-refractivity contribution is -0.274. The average molecular weight is 639 g/mol. The zero-order valence-electron chi connectivity index (χ0n) is 22.6. The number of ketones is 1. The van der Waals surface area contributed by atoms with Crippen molar-refractivity contribution >= 4 is 45.9 Å². The SMILES string of the molecule is CN(c1ccc(CC(=O)Cc2ccc(OC(F)(F)F)cc2)cc1)c1nc(Nc2cccc(NS(=O)[O-])c2)ncc1C(F)(F)F. The maximum absolute atomic E-state index is 13.9. The zero-order valence-corrected chi connectivity index (χ0v) is 23.4. The number of carbonyl (C=O) groups excluding carboxylic acids is 1. The summed E-state index contributed by atoms with van der Waals surface area (Å²) >= 11 is -2.58. The van der Waals surface area contributed by atoms with Crippen molar-refractivity contribution in [1.82, 2.24) is 9.97 Å². The van der Waals surface area contributed by atoms with Crippen molar-refractivity contribution < 1.29 is 44.6 Å². The van der Waals surface area contributed by atoms with Crippen molar-refractivity contribution in [3.05, 3.63) is 95.7 Å². The fraction of sp³-hybridized carbons (Fsp3) is 0.179. The molecule has 0 aliphatic heterocycles. The molecule has 0 aliphatic rings. The highest BCUT2D eigenvalue weighted by atomic mass is 32.2. The second-order valence-electron chi connectivity index (χ2n) is 9.28. The molecule has 1 aromatic heterocycles. The number of rotatable bonds is 11. The Hall–Kier alpha value is -4.70. The van der Waals surface area contributed by atoms with Crippen LogP contribution in [0.2, 0.25) is 0 Å². The third-order valence-corrected chi connectivity index (χ3v) is 6.40. The number of halogens is 6. The van der Waals surface area contributed by atoms with Gasteiger partial charge in [-0.25, -0.2) is 4.98 Å². The number of nitrogens with one attached hydrogen (secondary N) is 2. The van der Waals surface area contributed by atoms with Gasteiger partial charge in [0, 0.05) is 54.4 Å². The van der Waals surface area contributed by atoms with Gasteiger partial charge in [-0.15, -0.1) is 13.2 Å². The van der Waals surface area contributed by atoms with Crippen molar-refractivity contribution in [2.45, 2.75) is 25.4 Å². The lowest BCUT2D eigenvalue weighted by atomic mass is 10.0. The standard InChI is InChI=1S/C28H23F6N5O4S/c1-39(21-9-5-17(6-10-21)13-22(40)14-18-7-11-23(12-8-18)43-28(32,33)34)25-24(27(29,30)31)16-35-26(37-25)36-19-3-2-4-20(15-19)38-44(41)42/h2-12,15-16,38H,13-14H2,1H3,(H,41,42)(H,35,36,37)/p-1. The topological polar surface area (TPSA) is 120 Å². The number of anilines is 5. The summed E-state index contributed by atoms with van der Waals surface area (Å²) < 4.78 is 106. The number of carbonyl (C=O) groups is 1. The first-order valence-electron chi connectivity index (χ1n) is 12.5. The molecule has 16 heteroatoms. The Morgan fingerprint density at radius 3 is 2.09 bits per heavy atom. The first-order chi connectivity index (χ1) is 20.7. The minimum absolute atomic E-state index is 0.0198. The molecule has 1 unspecified atom stereocenters. The van der Waals surface area contributed by atoms with E-state index in [1.807, 2.05) is 0 Å². The minimum atomic E-state index is -4.83. The van der Waals surface area contributed by atoms with E-state index < -0.39 is 40.9 Å². The van der Waals surface area contributed by atoms with Crippen molar-refractivity contribution in [1.29, 1.82) is 0 Å². The summed E-state index contributed by atoms with van der Waals surface area (Å²) in [4.78, 5) is 21.6. The second-order valence-corrected chi connectivity index (χ2v) is 9.95. The first-order valence-corrected chi connectivity index (χ1v) is 13.6. The maximum atomic E-state index is 13.9. The Kier molecular flexibility index (Phi) is 9.74. The predicted octanol–water partition coefficient (Wildman–Crippen LogP) is 6.47. The van der Waals surface area contributed by atoms with Gasteiger partial charge in [-0.05, 0) is 53.6 Å². The van der Waals surface area contributed by atoms with E-state index in [1.54, 1.807) is 18.2 Å². The van der Waals surface area contributed by atoms with Gasteiger partial charge in [0.25, 0.3) is 0 Å². The van der Waals surface area contributed by atoms with Gasteiger partial charge in [0.15, 0.2) is 5.82 Å². The largest absolute Gasteiger partial charge is 0.755 e. The van der Waals surface area contributed by atoms with Crippen LogP contribution < -0.4 is 19.7 Å². The third kappa shape index (κ3) is 9.15. The van der Waals surface area contributed by atoms with Crippen molar-refractivity contribution in [3.8, 4) is 5.75 Å². The molecule has 0 spiro atoms. The van der Waals surface area contributed by atoms with Crippen LogP contribution in [0.5, 0.6) is 5.75 Å². The molecule has 0 bridgehead atoms. The summed E-state index contributed by atoms with van der Waals surface area (Å²) in [7, 11) is 1.38. The molecule has 0 aliphatic carbocycles. The van der Waals surface area contributed by atoms with E-state index in [4.69, 9.17) is 0 Å². The average Bonchev–Trinajstić information content (AvgIpc) is 2.92. The van der Waals surface area contributed by atoms with E-state index in [0.29, 0.717) is 28.7 Å². The van der Waals surface area contributed by atoms with Gasteiger partial charge in [-0.3, -0.25) is 9.00 Å². The fourth-order valence-electron chi connectivity index (χ4n) is 4.06. The summed E-state index contributed by atoms with van der Waals surface area (Å²) in [5.41, 5.74) is 0.789. The number of alkyl halides is 6. The van der Waals surface area contributed by atoms with E-state index in [9.17, 15) is 39.9 Å². The van der Waals surface area contributed by atoms with Crippen molar-refractivity contribution in [3.63, 3.8) is 0 Å². The van der Waals surface area contributed by atoms with Gasteiger partial charge in [0.05, 0.1) is 0 Å². The monoisotopic (exact) mass is 638 g/mol. The van der Waals surface area contributed by atoms with Gasteiger partial charge in [-0.1, -0.05) is 30.3 Å². The van der Waals surface area contributed by atoms with Gasteiger partial charge < -0.3 is 24.2 Å². The molecule has 232 valence electrons. The molecule has 9 nitrogen and oxygen atoms in total. The molecule has 0 radical (unpaired) electrons. The molecule has 0 saturated carbocycles. The van der Waals surface area contributed by atoms with Crippen LogP contribution in [-0.4, -0.2) is 37.9 Å². The number of hydrogen-bond donors (Lipinski definition) is 2. The maximum Gasteiger partial charge on any atom is 0.573 e. The quantitative estimate of drug-likeness (QED) is 0.142. The zero-order chi connectivity index (χ0) is 32.1. The number of benzene rings is 3. The van der Waals surface area contributed by atoms with Crippen LogP contribution in [0, 0.1) is 0 Å². The molecular weight excluding hydrogens is 616 g/mol. The van der Waals surface area contributed by atoms with Gasteiger partial charge >= 0.3 is 12.5 Å². The van der Waals surface area contributed by atoms with Crippen LogP contribution in [0.15, 0.2) is 79.0 Å². The van der Waals surface area contributed by atoms with Crippen LogP contribution in [0.4, 0.5) is 55.2 Å². The molecule has 4 aromatic rings.